The molecule has 1 aliphatic rings. The lowest BCUT2D eigenvalue weighted by Crippen LogP contribution is -2.23. The van der Waals surface area contributed by atoms with Gasteiger partial charge in [-0.25, -0.2) is 0 Å². The van der Waals surface area contributed by atoms with E-state index in [-0.39, 0.29) is 6.79 Å². The third-order valence-electron chi connectivity index (χ3n) is 2.53. The quantitative estimate of drug-likeness (QED) is 0.615. The fourth-order valence-corrected chi connectivity index (χ4v) is 1.49. The second kappa shape index (κ2) is 3.97. The smallest absolute Gasteiger partial charge is 0.239 e. The molecule has 0 bridgehead atoms. The van der Waals surface area contributed by atoms with Crippen molar-refractivity contribution in [1.82, 2.24) is 0 Å². The van der Waals surface area contributed by atoms with Gasteiger partial charge < -0.3 is 14.6 Å². The topological polar surface area (TPSA) is 81.8 Å². The van der Waals surface area contributed by atoms with Gasteiger partial charge in [-0.15, -0.1) is 0 Å². The number of hydrogen-bond donors (Lipinski definition) is 1. The van der Waals surface area contributed by atoms with Gasteiger partial charge >= 0.3 is 0 Å². The van der Waals surface area contributed by atoms with Crippen molar-refractivity contribution in [2.75, 3.05) is 6.79 Å². The molecule has 0 saturated heterocycles. The Morgan fingerprint density at radius 1 is 1.44 bits per heavy atom. The van der Waals surface area contributed by atoms with Gasteiger partial charge in [-0.1, -0.05) is 6.07 Å². The van der Waals surface area contributed by atoms with Crippen molar-refractivity contribution in [3.63, 3.8) is 0 Å². The molecule has 0 unspecified atom stereocenters. The van der Waals surface area contributed by atoms with E-state index in [1.807, 2.05) is 0 Å². The minimum absolute atomic E-state index is 0.139. The van der Waals surface area contributed by atoms with Crippen LogP contribution in [0.2, 0.25) is 0 Å². The highest BCUT2D eigenvalue weighted by atomic mass is 16.7. The van der Waals surface area contributed by atoms with Crippen molar-refractivity contribution < 1.29 is 19.5 Å². The van der Waals surface area contributed by atoms with Crippen molar-refractivity contribution in [2.24, 2.45) is 0 Å². The van der Waals surface area contributed by atoms with Gasteiger partial charge in [0.15, 0.2) is 11.5 Å². The van der Waals surface area contributed by atoms with Gasteiger partial charge in [0.2, 0.25) is 12.8 Å². The molecule has 2 atom stereocenters. The van der Waals surface area contributed by atoms with Crippen LogP contribution < -0.4 is 9.47 Å². The molecule has 0 fully saturated rings. The fourth-order valence-electron chi connectivity index (χ4n) is 1.49. The summed E-state index contributed by atoms with van der Waals surface area (Å²) in [6, 6.07) is 3.74. The molecule has 2 rings (SSSR count). The van der Waals surface area contributed by atoms with Crippen LogP contribution in [0.1, 0.15) is 18.6 Å². The highest BCUT2D eigenvalue weighted by Gasteiger charge is 2.27. The van der Waals surface area contributed by atoms with Crippen molar-refractivity contribution in [2.45, 2.75) is 19.1 Å². The Labute approximate surface area is 91.6 Å². The van der Waals surface area contributed by atoms with E-state index in [0.29, 0.717) is 17.1 Å². The minimum Gasteiger partial charge on any atom is -0.454 e. The van der Waals surface area contributed by atoms with Crippen LogP contribution in [0.5, 0.6) is 11.5 Å². The van der Waals surface area contributed by atoms with Crippen LogP contribution >= 0.6 is 0 Å². The standard InChI is InChI=1S/C10H11NO5/c1-6(11(13)14)10(12)7-2-3-8-9(4-7)16-5-15-8/h2-4,6,10,12H,5H2,1H3/t6-,10+/m1/s1. The molecule has 16 heavy (non-hydrogen) atoms. The minimum atomic E-state index is -1.15. The summed E-state index contributed by atoms with van der Waals surface area (Å²) in [7, 11) is 0. The first kappa shape index (κ1) is 10.7. The second-order valence-electron chi connectivity index (χ2n) is 3.58. The zero-order valence-corrected chi connectivity index (χ0v) is 8.62. The maximum Gasteiger partial charge on any atom is 0.239 e. The maximum absolute atomic E-state index is 10.5. The van der Waals surface area contributed by atoms with E-state index in [9.17, 15) is 15.2 Å². The molecule has 0 saturated carbocycles. The number of hydrogen-bond acceptors (Lipinski definition) is 5. The molecular weight excluding hydrogens is 214 g/mol. The monoisotopic (exact) mass is 225 g/mol. The van der Waals surface area contributed by atoms with E-state index in [1.54, 1.807) is 18.2 Å². The Hall–Kier alpha value is -1.82. The van der Waals surface area contributed by atoms with E-state index in [0.717, 1.165) is 0 Å². The third-order valence-corrected chi connectivity index (χ3v) is 2.53. The first-order valence-electron chi connectivity index (χ1n) is 4.80. The van der Waals surface area contributed by atoms with Crippen molar-refractivity contribution in [3.05, 3.63) is 33.9 Å². The number of ether oxygens (including phenoxy) is 2. The van der Waals surface area contributed by atoms with E-state index in [1.165, 1.54) is 6.92 Å². The van der Waals surface area contributed by atoms with Crippen molar-refractivity contribution in [3.8, 4) is 11.5 Å². The summed E-state index contributed by atoms with van der Waals surface area (Å²) in [5.41, 5.74) is 0.452. The van der Waals surface area contributed by atoms with Gasteiger partial charge in [0.25, 0.3) is 0 Å². The normalized spacial score (nSPS) is 16.9. The zero-order chi connectivity index (χ0) is 11.7. The molecule has 6 heteroatoms. The number of aliphatic hydroxyl groups excluding tert-OH is 1. The Balaban J connectivity index is 2.24. The van der Waals surface area contributed by atoms with Gasteiger partial charge in [-0.3, -0.25) is 10.1 Å². The molecule has 86 valence electrons. The van der Waals surface area contributed by atoms with E-state index in [4.69, 9.17) is 9.47 Å². The summed E-state index contributed by atoms with van der Waals surface area (Å²) in [5, 5.41) is 20.3. The summed E-state index contributed by atoms with van der Waals surface area (Å²) >= 11 is 0. The number of nitrogens with zero attached hydrogens (tertiary/aromatic N) is 1. The van der Waals surface area contributed by atoms with E-state index >= 15 is 0 Å². The van der Waals surface area contributed by atoms with Crippen LogP contribution in [0.25, 0.3) is 0 Å². The third kappa shape index (κ3) is 1.79. The highest BCUT2D eigenvalue weighted by Crippen LogP contribution is 2.34. The molecule has 1 N–H and O–H groups in total. The molecule has 0 radical (unpaired) electrons. The largest absolute Gasteiger partial charge is 0.454 e. The summed E-state index contributed by atoms with van der Waals surface area (Å²) < 4.78 is 10.2. The van der Waals surface area contributed by atoms with Gasteiger partial charge in [0.1, 0.15) is 6.10 Å². The summed E-state index contributed by atoms with van der Waals surface area (Å²) in [6.45, 7) is 1.49. The lowest BCUT2D eigenvalue weighted by Gasteiger charge is -2.12. The Bertz CT molecular complexity index is 420. The van der Waals surface area contributed by atoms with E-state index in [2.05, 4.69) is 0 Å². The average Bonchev–Trinajstić information content (AvgIpc) is 2.73. The molecular formula is C10H11NO5. The Kier molecular flexibility index (Phi) is 2.66. The number of fused-ring (bicyclic) bond motifs is 1. The lowest BCUT2D eigenvalue weighted by molar-refractivity contribution is -0.531. The molecule has 0 amide bonds. The molecule has 0 spiro atoms. The molecule has 1 aromatic rings. The van der Waals surface area contributed by atoms with Gasteiger partial charge in [0, 0.05) is 11.8 Å². The first-order valence-corrected chi connectivity index (χ1v) is 4.80. The zero-order valence-electron chi connectivity index (χ0n) is 8.62. The predicted molar refractivity (Wildman–Crippen MR) is 54.0 cm³/mol. The van der Waals surface area contributed by atoms with Crippen LogP contribution in [0.15, 0.2) is 18.2 Å². The summed E-state index contributed by atoms with van der Waals surface area (Å²) in [5.74, 6) is 1.09. The van der Waals surface area contributed by atoms with Crippen LogP contribution in [-0.4, -0.2) is 22.9 Å². The van der Waals surface area contributed by atoms with Crippen LogP contribution in [0.3, 0.4) is 0 Å². The summed E-state index contributed by atoms with van der Waals surface area (Å²) in [4.78, 5) is 10.0. The van der Waals surface area contributed by atoms with Gasteiger partial charge in [0.05, 0.1) is 0 Å². The average molecular weight is 225 g/mol. The number of nitro groups is 1. The van der Waals surface area contributed by atoms with Crippen LogP contribution in [0.4, 0.5) is 0 Å². The molecule has 6 nitrogen and oxygen atoms in total. The van der Waals surface area contributed by atoms with Gasteiger partial charge in [-0.05, 0) is 17.7 Å². The van der Waals surface area contributed by atoms with E-state index < -0.39 is 17.1 Å². The molecule has 1 heterocycles. The Morgan fingerprint density at radius 3 is 2.81 bits per heavy atom. The van der Waals surface area contributed by atoms with Crippen molar-refractivity contribution >= 4 is 0 Å². The first-order chi connectivity index (χ1) is 7.59. The SMILES string of the molecule is C[C@H]([C@H](O)c1ccc2c(c1)OCO2)[N+](=O)[O-]. The fraction of sp³-hybridized carbons (Fsp3) is 0.400. The lowest BCUT2D eigenvalue weighted by atomic mass is 10.0. The maximum atomic E-state index is 10.5. The van der Waals surface area contributed by atoms with Crippen LogP contribution in [-0.2, 0) is 0 Å². The van der Waals surface area contributed by atoms with Gasteiger partial charge in [-0.2, -0.15) is 0 Å². The number of aliphatic hydroxyl groups is 1. The number of benzene rings is 1. The number of rotatable bonds is 3. The molecule has 1 aromatic carbocycles. The molecule has 1 aliphatic heterocycles. The predicted octanol–water partition coefficient (Wildman–Crippen LogP) is 1.11. The molecule has 0 aromatic heterocycles. The molecule has 0 aliphatic carbocycles. The second-order valence-corrected chi connectivity index (χ2v) is 3.58. The summed E-state index contributed by atoms with van der Waals surface area (Å²) in [6.07, 6.45) is -1.15. The highest BCUT2D eigenvalue weighted by molar-refractivity contribution is 5.45. The van der Waals surface area contributed by atoms with Crippen LogP contribution in [0, 0.1) is 10.1 Å². The van der Waals surface area contributed by atoms with Crippen molar-refractivity contribution in [1.29, 1.82) is 0 Å². The Morgan fingerprint density at radius 2 is 2.12 bits per heavy atom.